The fourth-order valence-corrected chi connectivity index (χ4v) is 4.56. The highest BCUT2D eigenvalue weighted by Crippen LogP contribution is 2.39. The fraction of sp³-hybridized carbons (Fsp3) is 0.435. The molecule has 1 N–H and O–H groups in total. The van der Waals surface area contributed by atoms with Crippen molar-refractivity contribution in [2.75, 3.05) is 30.4 Å². The summed E-state index contributed by atoms with van der Waals surface area (Å²) in [6.45, 7) is 4.65. The molecule has 7 nitrogen and oxygen atoms in total. The molecule has 2 unspecified atom stereocenters. The second-order valence-corrected chi connectivity index (χ2v) is 8.60. The van der Waals surface area contributed by atoms with Crippen molar-refractivity contribution in [2.24, 2.45) is 0 Å². The van der Waals surface area contributed by atoms with Crippen LogP contribution in [0.1, 0.15) is 36.3 Å². The molecule has 1 aromatic carbocycles. The van der Waals surface area contributed by atoms with Gasteiger partial charge in [-0.2, -0.15) is 18.2 Å². The summed E-state index contributed by atoms with van der Waals surface area (Å²) in [5.41, 5.74) is -0.303. The van der Waals surface area contributed by atoms with E-state index in [2.05, 4.69) is 25.2 Å². The van der Waals surface area contributed by atoms with Crippen LogP contribution in [-0.2, 0) is 10.9 Å². The molecule has 3 atom stereocenters. The predicted molar refractivity (Wildman–Crippen MR) is 118 cm³/mol. The van der Waals surface area contributed by atoms with Crippen LogP contribution in [-0.4, -0.2) is 47.4 Å². The number of alkyl halides is 3. The zero-order chi connectivity index (χ0) is 24.2. The first-order valence-electron chi connectivity index (χ1n) is 10.9. The quantitative estimate of drug-likeness (QED) is 0.537. The molecule has 3 aliphatic rings. The second-order valence-electron chi connectivity index (χ2n) is 8.60. The Hall–Kier alpha value is -3.21. The van der Waals surface area contributed by atoms with Crippen molar-refractivity contribution >= 4 is 22.5 Å². The number of benzene rings is 1. The first-order chi connectivity index (χ1) is 16.1. The molecular weight excluding hydrogens is 454 g/mol. The Kier molecular flexibility index (Phi) is 5.46. The molecule has 3 saturated heterocycles. The van der Waals surface area contributed by atoms with Gasteiger partial charge < -0.3 is 19.7 Å². The van der Waals surface area contributed by atoms with Crippen LogP contribution < -0.4 is 15.0 Å². The van der Waals surface area contributed by atoms with E-state index in [9.17, 15) is 17.6 Å². The van der Waals surface area contributed by atoms with Crippen LogP contribution in [0.4, 0.5) is 29.1 Å². The molecule has 3 aromatic rings. The smallest absolute Gasteiger partial charge is 0.419 e. The molecule has 0 amide bonds. The maximum atomic E-state index is 14.7. The van der Waals surface area contributed by atoms with E-state index in [0.717, 1.165) is 18.2 Å². The highest BCUT2D eigenvalue weighted by molar-refractivity contribution is 5.90. The average molecular weight is 477 g/mol. The SMILES string of the molecule is COc1nc2nc(C)nc(N[C@H](C)c3cccc(C(F)(F)F)c3F)c2cc1N1CC2CC(C1)O2. The Morgan fingerprint density at radius 1 is 1.18 bits per heavy atom. The van der Waals surface area contributed by atoms with Crippen LogP contribution >= 0.6 is 0 Å². The van der Waals surface area contributed by atoms with Crippen molar-refractivity contribution in [2.45, 2.75) is 44.7 Å². The first kappa shape index (κ1) is 22.6. The van der Waals surface area contributed by atoms with Crippen LogP contribution in [0.2, 0.25) is 0 Å². The van der Waals surface area contributed by atoms with Gasteiger partial charge in [0.05, 0.1) is 36.3 Å². The molecule has 5 heterocycles. The second kappa shape index (κ2) is 8.23. The Labute approximate surface area is 193 Å². The largest absolute Gasteiger partial charge is 0.479 e. The van der Waals surface area contributed by atoms with Crippen LogP contribution in [0, 0.1) is 12.7 Å². The van der Waals surface area contributed by atoms with Gasteiger partial charge in [-0.15, -0.1) is 0 Å². The Balaban J connectivity index is 1.54. The number of rotatable bonds is 5. The van der Waals surface area contributed by atoms with Gasteiger partial charge in [-0.3, -0.25) is 0 Å². The van der Waals surface area contributed by atoms with Crippen molar-refractivity contribution in [3.63, 3.8) is 0 Å². The van der Waals surface area contributed by atoms with Gasteiger partial charge in [0.2, 0.25) is 5.88 Å². The minimum absolute atomic E-state index is 0.116. The number of nitrogens with one attached hydrogen (secondary N) is 1. The number of methoxy groups -OCH3 is 1. The zero-order valence-electron chi connectivity index (χ0n) is 18.8. The maximum Gasteiger partial charge on any atom is 0.419 e. The van der Waals surface area contributed by atoms with Crippen LogP contribution in [0.25, 0.3) is 11.0 Å². The Bertz CT molecular complexity index is 1240. The number of hydrogen-bond donors (Lipinski definition) is 1. The minimum atomic E-state index is -4.79. The van der Waals surface area contributed by atoms with Gasteiger partial charge in [-0.1, -0.05) is 12.1 Å². The summed E-state index contributed by atoms with van der Waals surface area (Å²) in [7, 11) is 1.53. The number of aryl methyl sites for hydroxylation is 1. The molecule has 180 valence electrons. The van der Waals surface area contributed by atoms with Crippen molar-refractivity contribution < 1.29 is 27.0 Å². The number of ether oxygens (including phenoxy) is 2. The number of morpholine rings is 1. The summed E-state index contributed by atoms with van der Waals surface area (Å²) in [6, 6.07) is 4.29. The van der Waals surface area contributed by atoms with E-state index in [0.29, 0.717) is 41.6 Å². The highest BCUT2D eigenvalue weighted by Gasteiger charge is 2.39. The van der Waals surface area contributed by atoms with Crippen LogP contribution in [0.5, 0.6) is 5.88 Å². The van der Waals surface area contributed by atoms with Crippen LogP contribution in [0.3, 0.4) is 0 Å². The number of pyridine rings is 1. The van der Waals surface area contributed by atoms with E-state index in [4.69, 9.17) is 9.47 Å². The first-order valence-corrected chi connectivity index (χ1v) is 10.9. The van der Waals surface area contributed by atoms with E-state index < -0.39 is 23.6 Å². The molecule has 34 heavy (non-hydrogen) atoms. The molecule has 11 heteroatoms. The van der Waals surface area contributed by atoms with E-state index in [1.165, 1.54) is 19.2 Å². The molecule has 2 aromatic heterocycles. The third-order valence-corrected chi connectivity index (χ3v) is 6.19. The summed E-state index contributed by atoms with van der Waals surface area (Å²) < 4.78 is 65.5. The lowest BCUT2D eigenvalue weighted by atomic mass is 9.98. The molecule has 0 radical (unpaired) electrons. The Morgan fingerprint density at radius 2 is 1.88 bits per heavy atom. The van der Waals surface area contributed by atoms with Crippen molar-refractivity contribution in [3.05, 3.63) is 47.0 Å². The molecular formula is C23H23F4N5O2. The number of fused-ring (bicyclic) bond motifs is 3. The van der Waals surface area contributed by atoms with Gasteiger partial charge in [-0.25, -0.2) is 14.4 Å². The summed E-state index contributed by atoms with van der Waals surface area (Å²) in [4.78, 5) is 15.5. The topological polar surface area (TPSA) is 72.4 Å². The van der Waals surface area contributed by atoms with E-state index in [1.807, 2.05) is 6.07 Å². The number of aromatic nitrogens is 3. The molecule has 3 fully saturated rings. The van der Waals surface area contributed by atoms with Crippen molar-refractivity contribution in [1.29, 1.82) is 0 Å². The van der Waals surface area contributed by atoms with E-state index >= 15 is 0 Å². The maximum absolute atomic E-state index is 14.7. The summed E-state index contributed by atoms with van der Waals surface area (Å²) >= 11 is 0. The normalized spacial score (nSPS) is 20.7. The predicted octanol–water partition coefficient (Wildman–Crippen LogP) is 4.65. The number of nitrogens with zero attached hydrogens (tertiary/aromatic N) is 4. The van der Waals surface area contributed by atoms with E-state index in [-0.39, 0.29) is 17.8 Å². The summed E-state index contributed by atoms with van der Waals surface area (Å²) in [5.74, 6) is -0.142. The third-order valence-electron chi connectivity index (χ3n) is 6.19. The summed E-state index contributed by atoms with van der Waals surface area (Å²) in [6.07, 6.45) is -3.44. The van der Waals surface area contributed by atoms with Gasteiger partial charge in [0.1, 0.15) is 23.1 Å². The van der Waals surface area contributed by atoms with Gasteiger partial charge in [0, 0.05) is 25.1 Å². The molecule has 0 saturated carbocycles. The minimum Gasteiger partial charge on any atom is -0.479 e. The molecule has 0 spiro atoms. The Morgan fingerprint density at radius 3 is 2.53 bits per heavy atom. The van der Waals surface area contributed by atoms with Gasteiger partial charge in [0.25, 0.3) is 0 Å². The molecule has 6 rings (SSSR count). The lowest BCUT2D eigenvalue weighted by molar-refractivity contribution is -0.140. The van der Waals surface area contributed by atoms with Crippen LogP contribution in [0.15, 0.2) is 24.3 Å². The lowest BCUT2D eigenvalue weighted by Gasteiger charge is -2.48. The number of piperidine rings is 1. The molecule has 3 aliphatic heterocycles. The fourth-order valence-electron chi connectivity index (χ4n) is 4.56. The standard InChI is InChI=1S/C23H23F4N5O2/c1-11(15-5-4-6-17(19(15)24)23(25,26)27)28-20-16-8-18(32-9-13-7-14(10-32)34-13)22(33-3)31-21(16)30-12(2)29-20/h4-6,8,11,13-14H,7,9-10H2,1-3H3,(H,28,29,30,31)/t11-,13?,14?/m1/s1. The summed E-state index contributed by atoms with van der Waals surface area (Å²) in [5, 5.41) is 3.62. The number of anilines is 2. The monoisotopic (exact) mass is 477 g/mol. The number of hydrogen-bond acceptors (Lipinski definition) is 7. The van der Waals surface area contributed by atoms with Crippen molar-refractivity contribution in [3.8, 4) is 5.88 Å². The number of halogens is 4. The lowest BCUT2D eigenvalue weighted by Crippen LogP contribution is -2.57. The zero-order valence-corrected chi connectivity index (χ0v) is 18.8. The average Bonchev–Trinajstić information content (AvgIpc) is 2.77. The third kappa shape index (κ3) is 3.97. The van der Waals surface area contributed by atoms with Gasteiger partial charge >= 0.3 is 6.18 Å². The van der Waals surface area contributed by atoms with Gasteiger partial charge in [0.15, 0.2) is 5.65 Å². The van der Waals surface area contributed by atoms with Gasteiger partial charge in [-0.05, 0) is 26.0 Å². The molecule has 2 bridgehead atoms. The van der Waals surface area contributed by atoms with Crippen molar-refractivity contribution in [1.82, 2.24) is 15.0 Å². The highest BCUT2D eigenvalue weighted by atomic mass is 19.4. The van der Waals surface area contributed by atoms with E-state index in [1.54, 1.807) is 13.8 Å². The molecule has 0 aliphatic carbocycles.